The number of ether oxygens (including phenoxy) is 2. The van der Waals surface area contributed by atoms with Crippen LogP contribution >= 0.6 is 11.6 Å². The fourth-order valence-electron chi connectivity index (χ4n) is 2.90. The van der Waals surface area contributed by atoms with Crippen molar-refractivity contribution < 1.29 is 14.3 Å². The maximum Gasteiger partial charge on any atom is 0.251 e. The number of aromatic nitrogens is 2. The summed E-state index contributed by atoms with van der Waals surface area (Å²) in [4.78, 5) is 12.5. The molecule has 2 heterocycles. The lowest BCUT2D eigenvalue weighted by Crippen LogP contribution is -2.28. The molecule has 0 saturated carbocycles. The molecule has 3 aromatic rings. The van der Waals surface area contributed by atoms with Gasteiger partial charge in [0.1, 0.15) is 18.1 Å². The number of methoxy groups -OCH3 is 1. The Hall–Kier alpha value is -3.25. The molecular formula is C21H18ClN3O3. The lowest BCUT2D eigenvalue weighted by molar-refractivity contribution is -0.117. The van der Waals surface area contributed by atoms with Crippen LogP contribution in [0.15, 0.2) is 60.3 Å². The highest BCUT2D eigenvalue weighted by Crippen LogP contribution is 2.29. The summed E-state index contributed by atoms with van der Waals surface area (Å²) in [5.41, 5.74) is 3.01. The minimum Gasteiger partial charge on any atom is -0.497 e. The Balaban J connectivity index is 1.41. The van der Waals surface area contributed by atoms with Gasteiger partial charge in [-0.3, -0.25) is 4.79 Å². The van der Waals surface area contributed by atoms with Gasteiger partial charge in [-0.2, -0.15) is 5.10 Å². The van der Waals surface area contributed by atoms with E-state index in [2.05, 4.69) is 10.4 Å². The number of carbonyl (C=O) groups is 1. The van der Waals surface area contributed by atoms with Crippen LogP contribution in [0.4, 0.5) is 0 Å². The number of hydrogen-bond acceptors (Lipinski definition) is 4. The molecule has 1 N–H and O–H groups in total. The first-order valence-electron chi connectivity index (χ1n) is 8.72. The van der Waals surface area contributed by atoms with Crippen molar-refractivity contribution in [2.75, 3.05) is 13.7 Å². The molecule has 142 valence electrons. The van der Waals surface area contributed by atoms with Crippen LogP contribution in [0.25, 0.3) is 11.8 Å². The van der Waals surface area contributed by atoms with Crippen molar-refractivity contribution in [2.24, 2.45) is 0 Å². The number of fused-ring (bicyclic) bond motifs is 1. The lowest BCUT2D eigenvalue weighted by atomic mass is 10.1. The molecule has 0 fully saturated rings. The Labute approximate surface area is 167 Å². The van der Waals surface area contributed by atoms with Gasteiger partial charge in [0.05, 0.1) is 30.6 Å². The normalized spacial score (nSPS) is 12.6. The number of nitrogens with one attached hydrogen (secondary N) is 1. The molecule has 1 amide bonds. The first-order chi connectivity index (χ1) is 13.6. The van der Waals surface area contributed by atoms with Gasteiger partial charge in [0.15, 0.2) is 0 Å². The second-order valence-corrected chi connectivity index (χ2v) is 6.71. The van der Waals surface area contributed by atoms with Gasteiger partial charge in [0.25, 0.3) is 5.91 Å². The average molecular weight is 396 g/mol. The fourth-order valence-corrected chi connectivity index (χ4v) is 3.08. The molecule has 7 heteroatoms. The number of hydrogen-bond donors (Lipinski definition) is 1. The lowest BCUT2D eigenvalue weighted by Gasteiger charge is -2.17. The molecule has 0 saturated heterocycles. The van der Waals surface area contributed by atoms with E-state index < -0.39 is 0 Å². The Morgan fingerprint density at radius 2 is 2.07 bits per heavy atom. The van der Waals surface area contributed by atoms with Crippen LogP contribution in [-0.2, 0) is 11.3 Å². The minimum atomic E-state index is -0.190. The second-order valence-electron chi connectivity index (χ2n) is 6.27. The molecule has 1 aromatic heterocycles. The zero-order chi connectivity index (χ0) is 19.5. The molecule has 0 aliphatic carbocycles. The number of benzene rings is 2. The molecule has 0 unspecified atom stereocenters. The van der Waals surface area contributed by atoms with Crippen LogP contribution in [0.2, 0.25) is 5.02 Å². The van der Waals surface area contributed by atoms with Crippen molar-refractivity contribution in [1.82, 2.24) is 15.1 Å². The molecule has 28 heavy (non-hydrogen) atoms. The smallest absolute Gasteiger partial charge is 0.251 e. The van der Waals surface area contributed by atoms with Gasteiger partial charge in [0.2, 0.25) is 0 Å². The van der Waals surface area contributed by atoms with Gasteiger partial charge in [-0.05, 0) is 54.6 Å². The number of carbonyl (C=O) groups excluding carboxylic acids is 1. The van der Waals surface area contributed by atoms with E-state index in [1.54, 1.807) is 36.1 Å². The van der Waals surface area contributed by atoms with Gasteiger partial charge in [-0.1, -0.05) is 11.6 Å². The van der Waals surface area contributed by atoms with Crippen molar-refractivity contribution in [3.05, 3.63) is 76.6 Å². The van der Waals surface area contributed by atoms with E-state index in [1.807, 2.05) is 36.5 Å². The van der Waals surface area contributed by atoms with Crippen molar-refractivity contribution in [2.45, 2.75) is 6.54 Å². The van der Waals surface area contributed by atoms with E-state index in [4.69, 9.17) is 21.1 Å². The number of amides is 1. The van der Waals surface area contributed by atoms with Crippen LogP contribution in [0.5, 0.6) is 11.5 Å². The maximum absolute atomic E-state index is 12.5. The molecular weight excluding hydrogens is 378 g/mol. The highest BCUT2D eigenvalue weighted by atomic mass is 35.5. The molecule has 1 aliphatic rings. The summed E-state index contributed by atoms with van der Waals surface area (Å²) in [6.45, 7) is 0.544. The van der Waals surface area contributed by atoms with Crippen LogP contribution in [0.1, 0.15) is 11.3 Å². The molecule has 0 atom stereocenters. The summed E-state index contributed by atoms with van der Waals surface area (Å²) in [5.74, 6) is 1.32. The topological polar surface area (TPSA) is 65.4 Å². The van der Waals surface area contributed by atoms with Gasteiger partial charge in [-0.15, -0.1) is 0 Å². The van der Waals surface area contributed by atoms with E-state index in [0.717, 1.165) is 28.4 Å². The third kappa shape index (κ3) is 3.87. The van der Waals surface area contributed by atoms with E-state index in [0.29, 0.717) is 17.1 Å². The van der Waals surface area contributed by atoms with E-state index in [1.165, 1.54) is 0 Å². The summed E-state index contributed by atoms with van der Waals surface area (Å²) in [7, 11) is 1.63. The first-order valence-corrected chi connectivity index (χ1v) is 9.10. The minimum absolute atomic E-state index is 0.190. The first kappa shape index (κ1) is 18.1. The van der Waals surface area contributed by atoms with Gasteiger partial charge in [-0.25, -0.2) is 4.68 Å². The van der Waals surface area contributed by atoms with Gasteiger partial charge in [0, 0.05) is 16.8 Å². The summed E-state index contributed by atoms with van der Waals surface area (Å²) in [5, 5.41) is 7.98. The monoisotopic (exact) mass is 395 g/mol. The quantitative estimate of drug-likeness (QED) is 0.716. The molecule has 1 aliphatic heterocycles. The third-order valence-corrected chi connectivity index (χ3v) is 4.62. The van der Waals surface area contributed by atoms with E-state index in [-0.39, 0.29) is 12.5 Å². The average Bonchev–Trinajstić information content (AvgIpc) is 3.20. The number of halogens is 1. The van der Waals surface area contributed by atoms with Crippen molar-refractivity contribution in [1.29, 1.82) is 0 Å². The van der Waals surface area contributed by atoms with Crippen LogP contribution in [0.3, 0.4) is 0 Å². The summed E-state index contributed by atoms with van der Waals surface area (Å²) in [6.07, 6.45) is 3.65. The third-order valence-electron chi connectivity index (χ3n) is 4.39. The zero-order valence-corrected chi connectivity index (χ0v) is 15.9. The summed E-state index contributed by atoms with van der Waals surface area (Å²) in [6, 6.07) is 14.8. The van der Waals surface area contributed by atoms with Crippen LogP contribution in [-0.4, -0.2) is 29.4 Å². The summed E-state index contributed by atoms with van der Waals surface area (Å²) < 4.78 is 12.5. The predicted molar refractivity (Wildman–Crippen MR) is 107 cm³/mol. The van der Waals surface area contributed by atoms with Crippen molar-refractivity contribution in [3.8, 4) is 17.2 Å². The fraction of sp³-hybridized carbons (Fsp3) is 0.143. The van der Waals surface area contributed by atoms with Gasteiger partial charge >= 0.3 is 0 Å². The van der Waals surface area contributed by atoms with Crippen LogP contribution in [0, 0.1) is 0 Å². The SMILES string of the molecule is COc1ccc(-n2ccc(CNC(=O)C3=Cc4cc(Cl)ccc4OC3)n2)cc1. The van der Waals surface area contributed by atoms with Gasteiger partial charge < -0.3 is 14.8 Å². The Morgan fingerprint density at radius 1 is 1.25 bits per heavy atom. The Bertz CT molecular complexity index is 1040. The second kappa shape index (κ2) is 7.78. The van der Waals surface area contributed by atoms with Crippen molar-refractivity contribution >= 4 is 23.6 Å². The highest BCUT2D eigenvalue weighted by molar-refractivity contribution is 6.30. The standard InChI is InChI=1S/C21H18ClN3O3/c1-27-19-5-3-18(4-6-19)25-9-8-17(24-25)12-23-21(26)15-10-14-11-16(22)2-7-20(14)28-13-15/h2-11H,12-13H2,1H3,(H,23,26). The molecule has 6 nitrogen and oxygen atoms in total. The molecule has 4 rings (SSSR count). The molecule has 0 radical (unpaired) electrons. The zero-order valence-electron chi connectivity index (χ0n) is 15.2. The van der Waals surface area contributed by atoms with Crippen LogP contribution < -0.4 is 14.8 Å². The Kier molecular flexibility index (Phi) is 5.04. The molecule has 0 spiro atoms. The predicted octanol–water partition coefficient (Wildman–Crippen LogP) is 3.63. The maximum atomic E-state index is 12.5. The largest absolute Gasteiger partial charge is 0.497 e. The summed E-state index contributed by atoms with van der Waals surface area (Å²) >= 11 is 6.01. The molecule has 0 bridgehead atoms. The van der Waals surface area contributed by atoms with Crippen molar-refractivity contribution in [3.63, 3.8) is 0 Å². The Morgan fingerprint density at radius 3 is 2.86 bits per heavy atom. The molecule has 2 aromatic carbocycles. The highest BCUT2D eigenvalue weighted by Gasteiger charge is 2.17. The van der Waals surface area contributed by atoms with E-state index in [9.17, 15) is 4.79 Å². The number of rotatable bonds is 5. The number of nitrogens with zero attached hydrogens (tertiary/aromatic N) is 2. The van der Waals surface area contributed by atoms with E-state index >= 15 is 0 Å².